The van der Waals surface area contributed by atoms with Crippen molar-refractivity contribution >= 4 is 17.6 Å². The van der Waals surface area contributed by atoms with Crippen LogP contribution in [0.1, 0.15) is 50.0 Å². The van der Waals surface area contributed by atoms with E-state index in [1.807, 2.05) is 25.4 Å². The average Bonchev–Trinajstić information content (AvgIpc) is 3.16. The molecule has 2 unspecified atom stereocenters. The van der Waals surface area contributed by atoms with E-state index in [0.717, 1.165) is 62.4 Å². The number of benzene rings is 1. The van der Waals surface area contributed by atoms with Crippen LogP contribution >= 0.6 is 11.6 Å². The van der Waals surface area contributed by atoms with E-state index in [9.17, 15) is 0 Å². The molecule has 0 aliphatic carbocycles. The minimum atomic E-state index is 0.359. The molecule has 1 aromatic carbocycles. The Morgan fingerprint density at radius 1 is 1.29 bits per heavy atom. The summed E-state index contributed by atoms with van der Waals surface area (Å²) in [6.07, 6.45) is 8.53. The number of nitrogens with one attached hydrogen (secondary N) is 2. The number of hydrogen-bond acceptors (Lipinski definition) is 3. The van der Waals surface area contributed by atoms with E-state index in [0.29, 0.717) is 12.0 Å². The van der Waals surface area contributed by atoms with Crippen LogP contribution < -0.4 is 10.6 Å². The van der Waals surface area contributed by atoms with Gasteiger partial charge in [0.2, 0.25) is 0 Å². The monoisotopic (exact) mass is 444 g/mol. The van der Waals surface area contributed by atoms with E-state index in [1.165, 1.54) is 18.4 Å². The molecule has 31 heavy (non-hydrogen) atoms. The number of hydrogen-bond donors (Lipinski definition) is 2. The zero-order chi connectivity index (χ0) is 22.1. The van der Waals surface area contributed by atoms with Crippen LogP contribution in [0.4, 0.5) is 0 Å². The fourth-order valence-corrected chi connectivity index (χ4v) is 4.67. The molecule has 0 radical (unpaired) electrons. The van der Waals surface area contributed by atoms with Gasteiger partial charge in [0.25, 0.3) is 0 Å². The molecule has 2 N–H and O–H groups in total. The van der Waals surface area contributed by atoms with Crippen LogP contribution in [-0.2, 0) is 6.54 Å². The lowest BCUT2D eigenvalue weighted by molar-refractivity contribution is 0.125. The van der Waals surface area contributed by atoms with E-state index in [4.69, 9.17) is 16.6 Å². The first-order valence-corrected chi connectivity index (χ1v) is 11.9. The van der Waals surface area contributed by atoms with Gasteiger partial charge in [-0.25, -0.2) is 4.98 Å². The van der Waals surface area contributed by atoms with Gasteiger partial charge in [0.15, 0.2) is 5.96 Å². The van der Waals surface area contributed by atoms with Crippen molar-refractivity contribution in [2.24, 2.45) is 10.9 Å². The average molecular weight is 445 g/mol. The maximum Gasteiger partial charge on any atom is 0.191 e. The van der Waals surface area contributed by atoms with Gasteiger partial charge < -0.3 is 15.2 Å². The van der Waals surface area contributed by atoms with Crippen LogP contribution in [0, 0.1) is 12.8 Å². The second-order valence-electron chi connectivity index (χ2n) is 8.40. The summed E-state index contributed by atoms with van der Waals surface area (Å²) in [5.74, 6) is 2.48. The van der Waals surface area contributed by atoms with Gasteiger partial charge >= 0.3 is 0 Å². The van der Waals surface area contributed by atoms with Crippen LogP contribution in [-0.4, -0.2) is 53.6 Å². The van der Waals surface area contributed by atoms with Gasteiger partial charge in [0, 0.05) is 49.6 Å². The third-order valence-corrected chi connectivity index (χ3v) is 6.30. The Morgan fingerprint density at radius 2 is 2.16 bits per heavy atom. The first-order chi connectivity index (χ1) is 15.1. The van der Waals surface area contributed by atoms with E-state index in [1.54, 1.807) is 0 Å². The summed E-state index contributed by atoms with van der Waals surface area (Å²) in [5.41, 5.74) is 1.29. The first-order valence-electron chi connectivity index (χ1n) is 11.5. The standard InChI is InChI=1S/C24H37ClN6/c1-4-26-24(28-12-5-6-15-31-16-13-27-19(31)2)29-18-21-10-8-14-30(3)23(21)20-9-7-11-22(25)17-20/h7,9,11,13,16-17,21,23H,4-6,8,10,12,14-15,18H2,1-3H3,(H2,26,28,29). The van der Waals surface area contributed by atoms with Gasteiger partial charge in [-0.15, -0.1) is 0 Å². The number of rotatable bonds is 9. The molecule has 1 aliphatic rings. The normalized spacial score (nSPS) is 20.1. The van der Waals surface area contributed by atoms with E-state index in [2.05, 4.69) is 57.3 Å². The van der Waals surface area contributed by atoms with Gasteiger partial charge in [0.1, 0.15) is 5.82 Å². The quantitative estimate of drug-likeness (QED) is 0.344. The summed E-state index contributed by atoms with van der Waals surface area (Å²) < 4.78 is 2.20. The summed E-state index contributed by atoms with van der Waals surface area (Å²) in [4.78, 5) is 11.7. The number of unbranched alkanes of at least 4 members (excludes halogenated alkanes) is 1. The molecule has 1 fully saturated rings. The summed E-state index contributed by atoms with van der Waals surface area (Å²) in [6, 6.07) is 8.66. The molecule has 2 atom stereocenters. The van der Waals surface area contributed by atoms with Crippen molar-refractivity contribution in [1.82, 2.24) is 25.1 Å². The number of aryl methyl sites for hydroxylation is 2. The van der Waals surface area contributed by atoms with Crippen molar-refractivity contribution in [2.75, 3.05) is 33.2 Å². The van der Waals surface area contributed by atoms with Gasteiger partial charge in [0.05, 0.1) is 0 Å². The van der Waals surface area contributed by atoms with Gasteiger partial charge in [-0.2, -0.15) is 0 Å². The molecule has 1 aromatic heterocycles. The zero-order valence-electron chi connectivity index (χ0n) is 19.1. The Bertz CT molecular complexity index is 833. The molecular formula is C24H37ClN6. The van der Waals surface area contributed by atoms with Crippen molar-refractivity contribution in [3.8, 4) is 0 Å². The molecule has 6 nitrogen and oxygen atoms in total. The molecule has 3 rings (SSSR count). The Kier molecular flexibility index (Phi) is 9.22. The second kappa shape index (κ2) is 12.1. The highest BCUT2D eigenvalue weighted by Crippen LogP contribution is 2.36. The molecule has 0 saturated carbocycles. The molecule has 7 heteroatoms. The van der Waals surface area contributed by atoms with Crippen LogP contribution in [0.15, 0.2) is 41.7 Å². The number of piperidine rings is 1. The van der Waals surface area contributed by atoms with Gasteiger partial charge in [-0.05, 0) is 76.7 Å². The Morgan fingerprint density at radius 3 is 2.90 bits per heavy atom. The molecule has 2 heterocycles. The van der Waals surface area contributed by atoms with Crippen molar-refractivity contribution < 1.29 is 0 Å². The second-order valence-corrected chi connectivity index (χ2v) is 8.84. The maximum absolute atomic E-state index is 6.28. The van der Waals surface area contributed by atoms with Crippen LogP contribution in [0.2, 0.25) is 5.02 Å². The van der Waals surface area contributed by atoms with Crippen molar-refractivity contribution in [1.29, 1.82) is 0 Å². The van der Waals surface area contributed by atoms with Crippen molar-refractivity contribution in [2.45, 2.75) is 52.1 Å². The minimum Gasteiger partial charge on any atom is -0.357 e. The molecule has 0 bridgehead atoms. The molecule has 1 aliphatic heterocycles. The lowest BCUT2D eigenvalue weighted by Gasteiger charge is -2.39. The highest BCUT2D eigenvalue weighted by Gasteiger charge is 2.30. The molecule has 2 aromatic rings. The number of aromatic nitrogens is 2. The topological polar surface area (TPSA) is 57.5 Å². The number of aliphatic imine (C=N–C) groups is 1. The SMILES string of the molecule is CCNC(=NCC1CCCN(C)C1c1cccc(Cl)c1)NCCCCn1ccnc1C. The Balaban J connectivity index is 1.54. The van der Waals surface area contributed by atoms with E-state index < -0.39 is 0 Å². The summed E-state index contributed by atoms with van der Waals surface area (Å²) in [7, 11) is 2.22. The minimum absolute atomic E-state index is 0.359. The third-order valence-electron chi connectivity index (χ3n) is 6.07. The van der Waals surface area contributed by atoms with E-state index in [-0.39, 0.29) is 0 Å². The van der Waals surface area contributed by atoms with Gasteiger partial charge in [-0.3, -0.25) is 9.89 Å². The number of imidazole rings is 1. The fraction of sp³-hybridized carbons (Fsp3) is 0.583. The third kappa shape index (κ3) is 6.97. The van der Waals surface area contributed by atoms with E-state index >= 15 is 0 Å². The largest absolute Gasteiger partial charge is 0.357 e. The maximum atomic E-state index is 6.28. The van der Waals surface area contributed by atoms with Crippen molar-refractivity contribution in [3.63, 3.8) is 0 Å². The highest BCUT2D eigenvalue weighted by atomic mass is 35.5. The predicted octanol–water partition coefficient (Wildman–Crippen LogP) is 4.26. The number of nitrogens with zero attached hydrogens (tertiary/aromatic N) is 4. The number of guanidine groups is 1. The summed E-state index contributed by atoms with van der Waals surface area (Å²) >= 11 is 6.28. The predicted molar refractivity (Wildman–Crippen MR) is 130 cm³/mol. The number of likely N-dealkylation sites (tertiary alicyclic amines) is 1. The smallest absolute Gasteiger partial charge is 0.191 e. The number of halogens is 1. The van der Waals surface area contributed by atoms with Crippen LogP contribution in [0.25, 0.3) is 0 Å². The zero-order valence-corrected chi connectivity index (χ0v) is 19.9. The van der Waals surface area contributed by atoms with Gasteiger partial charge in [-0.1, -0.05) is 23.7 Å². The fourth-order valence-electron chi connectivity index (χ4n) is 4.47. The van der Waals surface area contributed by atoms with Crippen molar-refractivity contribution in [3.05, 3.63) is 53.1 Å². The molecule has 1 saturated heterocycles. The van der Waals surface area contributed by atoms with Crippen LogP contribution in [0.5, 0.6) is 0 Å². The molecule has 0 amide bonds. The highest BCUT2D eigenvalue weighted by molar-refractivity contribution is 6.30. The molecule has 0 spiro atoms. The lowest BCUT2D eigenvalue weighted by Crippen LogP contribution is -2.40. The Hall–Kier alpha value is -2.05. The first kappa shape index (κ1) is 23.6. The molecular weight excluding hydrogens is 408 g/mol. The Labute approximate surface area is 192 Å². The summed E-state index contributed by atoms with van der Waals surface area (Å²) in [6.45, 7) is 8.88. The summed E-state index contributed by atoms with van der Waals surface area (Å²) in [5, 5.41) is 7.71. The molecule has 170 valence electrons. The lowest BCUT2D eigenvalue weighted by atomic mass is 9.85. The van der Waals surface area contributed by atoms with Crippen LogP contribution in [0.3, 0.4) is 0 Å².